The number of ether oxygens (including phenoxy) is 2. The number of hydrogen-bond donors (Lipinski definition) is 0. The maximum Gasteiger partial charge on any atom is 0.434 e. The molecule has 1 aliphatic rings. The number of aryl methyl sites for hydroxylation is 1. The van der Waals surface area contributed by atoms with Gasteiger partial charge in [-0.15, -0.1) is 11.8 Å². The fraction of sp³-hybridized carbons (Fsp3) is 0.367. The molecule has 4 aromatic rings. The predicted molar refractivity (Wildman–Crippen MR) is 182 cm³/mol. The van der Waals surface area contributed by atoms with Gasteiger partial charge in [-0.25, -0.2) is 23.2 Å². The number of fused-ring (bicyclic) bond motifs is 1. The molecule has 5 rings (SSSR count). The number of nitrogens with zero attached hydrogens (tertiary/aromatic N) is 5. The van der Waals surface area contributed by atoms with E-state index in [4.69, 9.17) is 27.9 Å². The number of hydrogen-bond acceptors (Lipinski definition) is 9. The minimum Gasteiger partial charge on any atom is -0.468 e. The molecular formula is C30H27BrCl2F5N5O5S2. The van der Waals surface area contributed by atoms with Gasteiger partial charge in [0.1, 0.15) is 23.0 Å². The SMILES string of the molecule is CC(C)OC(=O)c1cc(-c2nn(C)c(C(F)(F)F)c2Br)c(F)cc1Cl.COC(=O)CSc1cc(N=c2sc(=O)n3n2CCCC3)c(F)cc1Cl. The lowest BCUT2D eigenvalue weighted by Crippen LogP contribution is -2.31. The molecule has 0 aliphatic carbocycles. The molecule has 2 aromatic heterocycles. The summed E-state index contributed by atoms with van der Waals surface area (Å²) in [5.41, 5.74) is -1.78. The van der Waals surface area contributed by atoms with Crippen LogP contribution in [0.5, 0.6) is 0 Å². The maximum absolute atomic E-state index is 14.3. The highest BCUT2D eigenvalue weighted by Gasteiger charge is 2.39. The van der Waals surface area contributed by atoms with Crippen LogP contribution in [0.2, 0.25) is 10.0 Å². The fourth-order valence-electron chi connectivity index (χ4n) is 4.57. The predicted octanol–water partition coefficient (Wildman–Crippen LogP) is 8.02. The van der Waals surface area contributed by atoms with E-state index in [0.29, 0.717) is 27.5 Å². The fourth-order valence-corrected chi connectivity index (χ4v) is 7.56. The first-order valence-electron chi connectivity index (χ1n) is 14.5. The van der Waals surface area contributed by atoms with Crippen LogP contribution in [-0.2, 0) is 40.6 Å². The lowest BCUT2D eigenvalue weighted by Gasteiger charge is -2.15. The highest BCUT2D eigenvalue weighted by Crippen LogP contribution is 2.41. The molecule has 1 aliphatic heterocycles. The molecule has 0 amide bonds. The average molecular weight is 848 g/mol. The van der Waals surface area contributed by atoms with Crippen molar-refractivity contribution in [3.8, 4) is 11.3 Å². The van der Waals surface area contributed by atoms with Crippen molar-refractivity contribution >= 4 is 79.9 Å². The van der Waals surface area contributed by atoms with E-state index in [1.54, 1.807) is 23.2 Å². The van der Waals surface area contributed by atoms with Gasteiger partial charge in [0.2, 0.25) is 4.80 Å². The largest absolute Gasteiger partial charge is 0.468 e. The van der Waals surface area contributed by atoms with Crippen molar-refractivity contribution in [2.75, 3.05) is 12.9 Å². The van der Waals surface area contributed by atoms with Crippen LogP contribution >= 0.6 is 62.2 Å². The number of thioether (sulfide) groups is 1. The zero-order chi connectivity index (χ0) is 37.1. The summed E-state index contributed by atoms with van der Waals surface area (Å²) in [7, 11) is 2.38. The molecule has 0 bridgehead atoms. The summed E-state index contributed by atoms with van der Waals surface area (Å²) in [6.07, 6.45) is -3.25. The number of carbonyl (C=O) groups is 2. The van der Waals surface area contributed by atoms with E-state index >= 15 is 0 Å². The molecule has 20 heteroatoms. The molecule has 0 spiro atoms. The van der Waals surface area contributed by atoms with E-state index in [-0.39, 0.29) is 43.2 Å². The first-order chi connectivity index (χ1) is 23.4. The monoisotopic (exact) mass is 845 g/mol. The van der Waals surface area contributed by atoms with Gasteiger partial charge in [-0.3, -0.25) is 19.0 Å². The molecule has 0 unspecified atom stereocenters. The van der Waals surface area contributed by atoms with Gasteiger partial charge in [-0.2, -0.15) is 18.3 Å². The van der Waals surface area contributed by atoms with Gasteiger partial charge >= 0.3 is 23.0 Å². The van der Waals surface area contributed by atoms with Crippen LogP contribution in [0.25, 0.3) is 11.3 Å². The molecule has 270 valence electrons. The van der Waals surface area contributed by atoms with Crippen molar-refractivity contribution in [3.05, 3.63) is 76.1 Å². The quantitative estimate of drug-likeness (QED) is 0.105. The van der Waals surface area contributed by atoms with Crippen LogP contribution < -0.4 is 9.67 Å². The summed E-state index contributed by atoms with van der Waals surface area (Å²) in [5, 5.41) is 3.70. The molecule has 3 heterocycles. The third-order valence-electron chi connectivity index (χ3n) is 6.81. The van der Waals surface area contributed by atoms with Gasteiger partial charge in [-0.1, -0.05) is 23.2 Å². The van der Waals surface area contributed by atoms with Gasteiger partial charge in [0.15, 0.2) is 5.69 Å². The molecule has 0 N–H and O–H groups in total. The summed E-state index contributed by atoms with van der Waals surface area (Å²) < 4.78 is 80.9. The van der Waals surface area contributed by atoms with Gasteiger partial charge in [0.25, 0.3) is 0 Å². The highest BCUT2D eigenvalue weighted by atomic mass is 79.9. The third kappa shape index (κ3) is 9.18. The molecular weight excluding hydrogens is 820 g/mol. The summed E-state index contributed by atoms with van der Waals surface area (Å²) in [6, 6.07) is 4.50. The van der Waals surface area contributed by atoms with Crippen molar-refractivity contribution in [1.82, 2.24) is 19.1 Å². The number of methoxy groups -OCH3 is 1. The molecule has 0 saturated carbocycles. The van der Waals surface area contributed by atoms with Crippen molar-refractivity contribution in [2.24, 2.45) is 12.0 Å². The Balaban J connectivity index is 0.000000225. The van der Waals surface area contributed by atoms with Gasteiger partial charge in [-0.05, 0) is 78.2 Å². The molecule has 0 fully saturated rings. The minimum atomic E-state index is -4.69. The van der Waals surface area contributed by atoms with Crippen molar-refractivity contribution < 1.29 is 41.0 Å². The Morgan fingerprint density at radius 3 is 2.32 bits per heavy atom. The number of benzene rings is 2. The minimum absolute atomic E-state index is 0.0605. The Kier molecular flexibility index (Phi) is 13.0. The maximum atomic E-state index is 14.3. The molecule has 50 heavy (non-hydrogen) atoms. The number of alkyl halides is 3. The number of esters is 2. The number of aromatic nitrogens is 4. The van der Waals surface area contributed by atoms with Gasteiger partial charge < -0.3 is 9.47 Å². The summed E-state index contributed by atoms with van der Waals surface area (Å²) in [4.78, 5) is 40.5. The first-order valence-corrected chi connectivity index (χ1v) is 17.8. The second-order valence-electron chi connectivity index (χ2n) is 10.7. The Morgan fingerprint density at radius 2 is 1.72 bits per heavy atom. The highest BCUT2D eigenvalue weighted by molar-refractivity contribution is 9.10. The molecule has 0 radical (unpaired) electrons. The second-order valence-corrected chi connectivity index (χ2v) is 14.3. The van der Waals surface area contributed by atoms with Crippen LogP contribution in [0.15, 0.2) is 43.4 Å². The first kappa shape index (κ1) is 39.6. The summed E-state index contributed by atoms with van der Waals surface area (Å²) in [6.45, 7) is 4.55. The molecule has 2 aromatic carbocycles. The lowest BCUT2D eigenvalue weighted by atomic mass is 10.1. The Hall–Kier alpha value is -3.19. The van der Waals surface area contributed by atoms with Crippen molar-refractivity contribution in [3.63, 3.8) is 0 Å². The van der Waals surface area contributed by atoms with E-state index in [1.165, 1.54) is 13.2 Å². The summed E-state index contributed by atoms with van der Waals surface area (Å²) in [5.74, 6) is -2.66. The number of halogens is 8. The van der Waals surface area contributed by atoms with Gasteiger partial charge in [0, 0.05) is 30.6 Å². The van der Waals surface area contributed by atoms with Crippen LogP contribution in [0, 0.1) is 11.6 Å². The number of rotatable bonds is 7. The average Bonchev–Trinajstić information content (AvgIpc) is 3.51. The topological polar surface area (TPSA) is 110 Å². The number of carbonyl (C=O) groups excluding carboxylic acids is 2. The van der Waals surface area contributed by atoms with Crippen molar-refractivity contribution in [1.29, 1.82) is 0 Å². The normalized spacial score (nSPS) is 13.2. The van der Waals surface area contributed by atoms with Crippen LogP contribution in [0.1, 0.15) is 42.7 Å². The zero-order valence-corrected chi connectivity index (χ0v) is 31.3. The second kappa shape index (κ2) is 16.4. The third-order valence-corrected chi connectivity index (χ3v) is 10.2. The van der Waals surface area contributed by atoms with Crippen LogP contribution in [0.3, 0.4) is 0 Å². The Labute approximate surface area is 307 Å². The lowest BCUT2D eigenvalue weighted by molar-refractivity contribution is -0.144. The van der Waals surface area contributed by atoms with Gasteiger partial charge in [0.05, 0.1) is 39.0 Å². The standard InChI is InChI=1S/C15H12BrClF4N2O2.C15H15ClFN3O3S2/c1-6(2)25-14(24)7-4-8(10(18)5-9(7)17)12-11(16)13(15(19,20)21)23(3)22-12;1-23-13(21)8-24-12-7-11(10(17)6-9(12)16)18-14-19-4-2-3-5-20(19)15(22)25-14/h4-6H,1-3H3;6-7H,2-5,8H2,1H3. The Morgan fingerprint density at radius 1 is 1.08 bits per heavy atom. The summed E-state index contributed by atoms with van der Waals surface area (Å²) >= 11 is 16.8. The van der Waals surface area contributed by atoms with E-state index in [0.717, 1.165) is 61.2 Å². The van der Waals surface area contributed by atoms with E-state index < -0.39 is 46.0 Å². The molecule has 0 saturated heterocycles. The van der Waals surface area contributed by atoms with Crippen molar-refractivity contribution in [2.45, 2.75) is 57.0 Å². The van der Waals surface area contributed by atoms with Crippen LogP contribution in [0.4, 0.5) is 27.6 Å². The Bertz CT molecular complexity index is 2060. The molecule has 0 atom stereocenters. The van der Waals surface area contributed by atoms with E-state index in [1.807, 2.05) is 0 Å². The smallest absolute Gasteiger partial charge is 0.434 e. The van der Waals surface area contributed by atoms with E-state index in [9.17, 15) is 36.3 Å². The van der Waals surface area contributed by atoms with Crippen LogP contribution in [-0.4, -0.2) is 50.0 Å². The molecule has 10 nitrogen and oxygen atoms in total. The van der Waals surface area contributed by atoms with E-state index in [2.05, 4.69) is 30.8 Å². The zero-order valence-electron chi connectivity index (χ0n) is 26.5.